The Morgan fingerprint density at radius 3 is 0.500 bits per heavy atom. The molecule has 6 rings (SSSR count). The Morgan fingerprint density at radius 2 is 0.400 bits per heavy atom. The van der Waals surface area contributed by atoms with Gasteiger partial charge in [0.1, 0.15) is 0 Å². The van der Waals surface area contributed by atoms with Gasteiger partial charge in [-0.05, 0) is 42.9 Å². The summed E-state index contributed by atoms with van der Waals surface area (Å²) >= 11 is 0. The van der Waals surface area contributed by atoms with Crippen molar-refractivity contribution in [2.45, 2.75) is 246 Å². The molecule has 0 N–H and O–H groups in total. The second kappa shape index (κ2) is 51.7. The highest BCUT2D eigenvalue weighted by molar-refractivity contribution is 5.04. The van der Waals surface area contributed by atoms with E-state index in [1.807, 2.05) is 111 Å². The van der Waals surface area contributed by atoms with Crippen LogP contribution in [0.5, 0.6) is 0 Å². The highest BCUT2D eigenvalue weighted by Gasteiger charge is 2.52. The van der Waals surface area contributed by atoms with Crippen LogP contribution < -0.4 is 0 Å². The Hall–Kier alpha value is 0. The van der Waals surface area contributed by atoms with E-state index in [-0.39, 0.29) is 0 Å². The van der Waals surface area contributed by atoms with Crippen LogP contribution in [0, 0.1) is 17.3 Å². The molecule has 252 valence electrons. The second-order valence-electron chi connectivity index (χ2n) is 9.77. The van der Waals surface area contributed by atoms with E-state index in [0.717, 1.165) is 5.41 Å². The molecule has 0 amide bonds. The Bertz CT molecular complexity index is 262. The number of hydrogen-bond donors (Lipinski definition) is 0. The lowest BCUT2D eigenvalue weighted by atomic mass is 10.0. The van der Waals surface area contributed by atoms with Crippen LogP contribution in [-0.2, 0) is 0 Å². The first-order valence-corrected chi connectivity index (χ1v) is 19.9. The molecule has 0 bridgehead atoms. The monoisotopic (exact) mass is 573 g/mol. The minimum atomic E-state index is 1.00. The molecule has 0 aromatic heterocycles. The highest BCUT2D eigenvalue weighted by Crippen LogP contribution is 2.65. The minimum absolute atomic E-state index is 1.00. The van der Waals surface area contributed by atoms with Crippen molar-refractivity contribution in [1.29, 1.82) is 0 Å². The summed E-state index contributed by atoms with van der Waals surface area (Å²) in [6, 6.07) is 0. The zero-order valence-corrected chi connectivity index (χ0v) is 32.5. The fraction of sp³-hybridized carbons (Fsp3) is 1.00. The van der Waals surface area contributed by atoms with E-state index in [4.69, 9.17) is 0 Å². The summed E-state index contributed by atoms with van der Waals surface area (Å²) in [6.45, 7) is 32.0. The molecule has 0 aromatic carbocycles. The molecule has 0 unspecified atom stereocenters. The molecule has 6 aliphatic rings. The van der Waals surface area contributed by atoms with Crippen LogP contribution in [0.3, 0.4) is 0 Å². The normalized spacial score (nSPS) is 21.6. The largest absolute Gasteiger partial charge is 0.0683 e. The third-order valence-corrected chi connectivity index (χ3v) is 7.63. The quantitative estimate of drug-likeness (QED) is 0.271. The Balaban J connectivity index is -0.0000000835. The zero-order valence-electron chi connectivity index (χ0n) is 32.5. The standard InChI is InChI=1S/C8H14.C6H12.C5H8.C5H10.8C2H6/c1-3-7-5-2-6-8(7)4-1;1-2-4-6-5-3-1;1-2-5(1)3-4-5;1-2-4-5-3-1;8*1-2/h7-8H,1-6H2;1-6H2;1-4H2;1-5H2;8*1-2H3. The predicted octanol–water partition coefficient (Wildman–Crippen LogP) is 16.6. The molecule has 0 aliphatic heterocycles. The molecule has 0 nitrogen and oxygen atoms in total. The summed E-state index contributed by atoms with van der Waals surface area (Å²) in [7, 11) is 0. The van der Waals surface area contributed by atoms with Crippen molar-refractivity contribution in [1.82, 2.24) is 0 Å². The van der Waals surface area contributed by atoms with E-state index in [1.165, 1.54) is 95.3 Å². The van der Waals surface area contributed by atoms with Gasteiger partial charge < -0.3 is 0 Å². The summed E-state index contributed by atoms with van der Waals surface area (Å²) in [5.41, 5.74) is 1.00. The molecule has 1 spiro atoms. The molecule has 0 aromatic rings. The highest BCUT2D eigenvalue weighted by atomic mass is 14.6. The Labute approximate surface area is 262 Å². The summed E-state index contributed by atoms with van der Waals surface area (Å²) in [5, 5.41) is 0. The van der Waals surface area contributed by atoms with Gasteiger partial charge in [0.2, 0.25) is 0 Å². The maximum atomic E-state index is 2.00. The van der Waals surface area contributed by atoms with Gasteiger partial charge in [-0.1, -0.05) is 220 Å². The lowest BCUT2D eigenvalue weighted by Gasteiger charge is -2.05. The van der Waals surface area contributed by atoms with E-state index in [9.17, 15) is 0 Å². The van der Waals surface area contributed by atoms with Gasteiger partial charge in [0, 0.05) is 0 Å². The maximum Gasteiger partial charge on any atom is -0.0297 e. The van der Waals surface area contributed by atoms with E-state index in [0.29, 0.717) is 0 Å². The van der Waals surface area contributed by atoms with Crippen molar-refractivity contribution in [3.63, 3.8) is 0 Å². The third-order valence-electron chi connectivity index (χ3n) is 7.63. The fourth-order valence-corrected chi connectivity index (χ4v) is 5.31. The fourth-order valence-electron chi connectivity index (χ4n) is 5.31. The van der Waals surface area contributed by atoms with Crippen LogP contribution >= 0.6 is 0 Å². The summed E-state index contributed by atoms with van der Waals surface area (Å²) < 4.78 is 0. The van der Waals surface area contributed by atoms with E-state index in [1.54, 1.807) is 51.4 Å². The smallest absolute Gasteiger partial charge is 0.0297 e. The van der Waals surface area contributed by atoms with Crippen LogP contribution in [0.15, 0.2) is 0 Å². The number of hydrogen-bond acceptors (Lipinski definition) is 0. The molecular weight excluding hydrogens is 480 g/mol. The van der Waals surface area contributed by atoms with E-state index >= 15 is 0 Å². The Kier molecular flexibility index (Phi) is 68.0. The van der Waals surface area contributed by atoms with Crippen molar-refractivity contribution >= 4 is 0 Å². The molecule has 6 saturated carbocycles. The van der Waals surface area contributed by atoms with Gasteiger partial charge in [-0.25, -0.2) is 0 Å². The lowest BCUT2D eigenvalue weighted by molar-refractivity contribution is 0.457. The minimum Gasteiger partial charge on any atom is -0.0683 e. The average molecular weight is 573 g/mol. The number of fused-ring (bicyclic) bond motifs is 1. The van der Waals surface area contributed by atoms with Crippen molar-refractivity contribution < 1.29 is 0 Å². The van der Waals surface area contributed by atoms with Crippen LogP contribution in [0.1, 0.15) is 246 Å². The van der Waals surface area contributed by atoms with Crippen LogP contribution in [-0.4, -0.2) is 0 Å². The van der Waals surface area contributed by atoms with Crippen molar-refractivity contribution in [3.05, 3.63) is 0 Å². The molecule has 0 radical (unpaired) electrons. The van der Waals surface area contributed by atoms with Gasteiger partial charge >= 0.3 is 0 Å². The number of rotatable bonds is 0. The van der Waals surface area contributed by atoms with Crippen molar-refractivity contribution in [2.75, 3.05) is 0 Å². The first kappa shape index (κ1) is 52.6. The first-order valence-electron chi connectivity index (χ1n) is 19.9. The molecule has 6 fully saturated rings. The molecule has 0 atom stereocenters. The second-order valence-corrected chi connectivity index (χ2v) is 9.77. The van der Waals surface area contributed by atoms with Crippen molar-refractivity contribution in [3.8, 4) is 0 Å². The summed E-state index contributed by atoms with van der Waals surface area (Å²) in [6.07, 6.45) is 32.1. The molecule has 6 aliphatic carbocycles. The predicted molar refractivity (Wildman–Crippen MR) is 197 cm³/mol. The van der Waals surface area contributed by atoms with Crippen molar-refractivity contribution in [2.24, 2.45) is 17.3 Å². The summed E-state index contributed by atoms with van der Waals surface area (Å²) in [5.74, 6) is 2.35. The SMILES string of the molecule is C1CC12CC2.C1CC2CCCC2C1.C1CCCC1.C1CCCCC1.CC.CC.CC.CC.CC.CC.CC.CC. The van der Waals surface area contributed by atoms with Gasteiger partial charge in [-0.3, -0.25) is 0 Å². The van der Waals surface area contributed by atoms with Gasteiger partial charge in [0.05, 0.1) is 0 Å². The maximum absolute atomic E-state index is 2.00. The van der Waals surface area contributed by atoms with E-state index in [2.05, 4.69) is 0 Å². The molecular formula is C40H92. The van der Waals surface area contributed by atoms with Gasteiger partial charge in [0.15, 0.2) is 0 Å². The first-order chi connectivity index (χ1) is 19.9. The van der Waals surface area contributed by atoms with Gasteiger partial charge in [-0.2, -0.15) is 0 Å². The van der Waals surface area contributed by atoms with Crippen LogP contribution in [0.4, 0.5) is 0 Å². The Morgan fingerprint density at radius 1 is 0.250 bits per heavy atom. The van der Waals surface area contributed by atoms with Crippen LogP contribution in [0.25, 0.3) is 0 Å². The summed E-state index contributed by atoms with van der Waals surface area (Å²) in [4.78, 5) is 0. The third kappa shape index (κ3) is 38.0. The zero-order chi connectivity index (χ0) is 32.5. The molecule has 0 saturated heterocycles. The molecule has 40 heavy (non-hydrogen) atoms. The van der Waals surface area contributed by atoms with Gasteiger partial charge in [0.25, 0.3) is 0 Å². The van der Waals surface area contributed by atoms with Gasteiger partial charge in [-0.15, -0.1) is 0 Å². The average Bonchev–Trinajstić information content (AvgIpc) is 3.72. The van der Waals surface area contributed by atoms with E-state index < -0.39 is 0 Å². The van der Waals surface area contributed by atoms with Crippen LogP contribution in [0.2, 0.25) is 0 Å². The molecule has 0 heteroatoms. The topological polar surface area (TPSA) is 0 Å². The lowest BCUT2D eigenvalue weighted by Crippen LogP contribution is -1.95. The molecule has 0 heterocycles.